The first-order chi connectivity index (χ1) is 10.6. The molecule has 2 heterocycles. The van der Waals surface area contributed by atoms with E-state index in [1.54, 1.807) is 17.5 Å². The average Bonchev–Trinajstić information content (AvgIpc) is 3.00. The molecule has 0 saturated carbocycles. The van der Waals surface area contributed by atoms with Crippen molar-refractivity contribution in [3.63, 3.8) is 0 Å². The van der Waals surface area contributed by atoms with E-state index in [1.165, 1.54) is 5.56 Å². The van der Waals surface area contributed by atoms with Gasteiger partial charge in [0.25, 0.3) is 0 Å². The van der Waals surface area contributed by atoms with Crippen molar-refractivity contribution in [3.05, 3.63) is 52.0 Å². The minimum Gasteiger partial charge on any atom is -0.336 e. The predicted octanol–water partition coefficient (Wildman–Crippen LogP) is 2.55. The van der Waals surface area contributed by atoms with Crippen molar-refractivity contribution >= 4 is 17.4 Å². The third-order valence-electron chi connectivity index (χ3n) is 3.43. The van der Waals surface area contributed by atoms with Crippen LogP contribution in [-0.4, -0.2) is 36.6 Å². The van der Waals surface area contributed by atoms with E-state index in [9.17, 15) is 4.79 Å². The summed E-state index contributed by atoms with van der Waals surface area (Å²) in [7, 11) is 4.03. The van der Waals surface area contributed by atoms with Gasteiger partial charge < -0.3 is 15.5 Å². The number of carbonyl (C=O) groups excluding carboxylic acids is 1. The average molecular weight is 318 g/mol. The van der Waals surface area contributed by atoms with E-state index in [2.05, 4.69) is 37.3 Å². The van der Waals surface area contributed by atoms with Gasteiger partial charge in [-0.15, -0.1) is 0 Å². The van der Waals surface area contributed by atoms with Gasteiger partial charge in [0.05, 0.1) is 6.04 Å². The molecule has 2 aromatic heterocycles. The minimum absolute atomic E-state index is 0.164. The van der Waals surface area contributed by atoms with Gasteiger partial charge in [-0.2, -0.15) is 11.3 Å². The quantitative estimate of drug-likeness (QED) is 0.860. The summed E-state index contributed by atoms with van der Waals surface area (Å²) in [5.74, 6) is 0. The molecule has 0 spiro atoms. The smallest absolute Gasteiger partial charge is 0.315 e. The van der Waals surface area contributed by atoms with Crippen molar-refractivity contribution < 1.29 is 4.79 Å². The molecule has 22 heavy (non-hydrogen) atoms. The van der Waals surface area contributed by atoms with Crippen molar-refractivity contribution in [1.82, 2.24) is 20.5 Å². The van der Waals surface area contributed by atoms with Crippen LogP contribution in [0.4, 0.5) is 4.79 Å². The number of nitrogens with zero attached hydrogens (tertiary/aromatic N) is 2. The number of nitrogens with one attached hydrogen (secondary N) is 2. The second-order valence-electron chi connectivity index (χ2n) is 5.41. The van der Waals surface area contributed by atoms with Crippen LogP contribution in [0.25, 0.3) is 0 Å². The summed E-state index contributed by atoms with van der Waals surface area (Å²) in [6.45, 7) is 2.99. The van der Waals surface area contributed by atoms with Gasteiger partial charge >= 0.3 is 6.03 Å². The summed E-state index contributed by atoms with van der Waals surface area (Å²) in [6.07, 6.45) is 1.78. The zero-order chi connectivity index (χ0) is 15.9. The van der Waals surface area contributed by atoms with Crippen LogP contribution in [0.2, 0.25) is 0 Å². The molecule has 0 aliphatic carbocycles. The number of urea groups is 1. The maximum atomic E-state index is 11.9. The fourth-order valence-electron chi connectivity index (χ4n) is 2.10. The first kappa shape index (κ1) is 16.5. The van der Waals surface area contributed by atoms with Crippen LogP contribution in [-0.2, 0) is 6.54 Å². The Kier molecular flexibility index (Phi) is 5.91. The highest BCUT2D eigenvalue weighted by molar-refractivity contribution is 7.07. The number of carbonyl (C=O) groups is 1. The molecule has 0 aromatic carbocycles. The number of amides is 2. The van der Waals surface area contributed by atoms with Crippen LogP contribution in [0.5, 0.6) is 0 Å². The van der Waals surface area contributed by atoms with Gasteiger partial charge in [0.1, 0.15) is 0 Å². The molecular formula is C16H22N4OS. The Labute approximate surface area is 135 Å². The van der Waals surface area contributed by atoms with Crippen molar-refractivity contribution in [2.75, 3.05) is 20.6 Å². The zero-order valence-corrected chi connectivity index (χ0v) is 14.0. The molecule has 0 bridgehead atoms. The van der Waals surface area contributed by atoms with Crippen molar-refractivity contribution in [3.8, 4) is 0 Å². The summed E-state index contributed by atoms with van der Waals surface area (Å²) in [6, 6.07) is 6.01. The van der Waals surface area contributed by atoms with Gasteiger partial charge in [0.15, 0.2) is 0 Å². The molecule has 0 unspecified atom stereocenters. The topological polar surface area (TPSA) is 57.3 Å². The summed E-state index contributed by atoms with van der Waals surface area (Å²) in [5.41, 5.74) is 3.18. The molecule has 0 fully saturated rings. The first-order valence-corrected chi connectivity index (χ1v) is 8.12. The van der Waals surface area contributed by atoms with Crippen molar-refractivity contribution in [2.24, 2.45) is 0 Å². The van der Waals surface area contributed by atoms with Gasteiger partial charge in [-0.3, -0.25) is 4.98 Å². The Morgan fingerprint density at radius 3 is 2.73 bits per heavy atom. The van der Waals surface area contributed by atoms with Crippen molar-refractivity contribution in [1.29, 1.82) is 0 Å². The lowest BCUT2D eigenvalue weighted by molar-refractivity contribution is 0.232. The number of hydrogen-bond acceptors (Lipinski definition) is 4. The highest BCUT2D eigenvalue weighted by atomic mass is 32.1. The Balaban J connectivity index is 1.80. The predicted molar refractivity (Wildman–Crippen MR) is 90.0 cm³/mol. The van der Waals surface area contributed by atoms with Crippen LogP contribution in [0, 0.1) is 6.92 Å². The summed E-state index contributed by atoms with van der Waals surface area (Å²) < 4.78 is 0. The monoisotopic (exact) mass is 318 g/mol. The lowest BCUT2D eigenvalue weighted by atomic mass is 10.1. The molecule has 0 aliphatic heterocycles. The number of hydrogen-bond donors (Lipinski definition) is 2. The standard InChI is InChI=1S/C16H22N4OS/c1-12-4-5-13(8-17-12)9-18-16(21)19-10-15(20(2)3)14-6-7-22-11-14/h4-8,11,15H,9-10H2,1-3H3,(H2,18,19,21)/t15-/m0/s1. The Hall–Kier alpha value is -1.92. The second-order valence-corrected chi connectivity index (χ2v) is 6.19. The second kappa shape index (κ2) is 7.91. The van der Waals surface area contributed by atoms with Gasteiger partial charge in [-0.25, -0.2) is 4.79 Å². The molecular weight excluding hydrogens is 296 g/mol. The normalized spacial score (nSPS) is 12.2. The highest BCUT2D eigenvalue weighted by Crippen LogP contribution is 2.19. The summed E-state index contributed by atoms with van der Waals surface area (Å²) in [4.78, 5) is 18.2. The number of aromatic nitrogens is 1. The Morgan fingerprint density at radius 1 is 1.32 bits per heavy atom. The molecule has 2 rings (SSSR count). The molecule has 0 saturated heterocycles. The lowest BCUT2D eigenvalue weighted by Crippen LogP contribution is -2.40. The van der Waals surface area contributed by atoms with E-state index in [0.29, 0.717) is 13.1 Å². The molecule has 6 heteroatoms. The van der Waals surface area contributed by atoms with Crippen LogP contribution in [0.1, 0.15) is 22.9 Å². The SMILES string of the molecule is Cc1ccc(CNC(=O)NC[C@@H](c2ccsc2)N(C)C)cn1. The number of pyridine rings is 1. The lowest BCUT2D eigenvalue weighted by Gasteiger charge is -2.24. The van der Waals surface area contributed by atoms with Crippen LogP contribution in [0.15, 0.2) is 35.2 Å². The van der Waals surface area contributed by atoms with Gasteiger partial charge in [-0.1, -0.05) is 6.07 Å². The van der Waals surface area contributed by atoms with E-state index < -0.39 is 0 Å². The van der Waals surface area contributed by atoms with E-state index in [1.807, 2.05) is 33.2 Å². The third kappa shape index (κ3) is 4.82. The molecule has 5 nitrogen and oxygen atoms in total. The van der Waals surface area contributed by atoms with E-state index in [-0.39, 0.29) is 12.1 Å². The first-order valence-electron chi connectivity index (χ1n) is 7.18. The molecule has 0 radical (unpaired) electrons. The Morgan fingerprint density at radius 2 is 2.14 bits per heavy atom. The minimum atomic E-state index is -0.164. The molecule has 2 N–H and O–H groups in total. The molecule has 2 amide bonds. The van der Waals surface area contributed by atoms with E-state index in [4.69, 9.17) is 0 Å². The van der Waals surface area contributed by atoms with Gasteiger partial charge in [0.2, 0.25) is 0 Å². The fourth-order valence-corrected chi connectivity index (χ4v) is 2.81. The molecule has 0 aliphatic rings. The molecule has 2 aromatic rings. The third-order valence-corrected chi connectivity index (χ3v) is 4.13. The largest absolute Gasteiger partial charge is 0.336 e. The number of aryl methyl sites for hydroxylation is 1. The van der Waals surface area contributed by atoms with Gasteiger partial charge in [-0.05, 0) is 55.0 Å². The van der Waals surface area contributed by atoms with Crippen LogP contribution in [0.3, 0.4) is 0 Å². The highest BCUT2D eigenvalue weighted by Gasteiger charge is 2.15. The zero-order valence-electron chi connectivity index (χ0n) is 13.2. The summed E-state index contributed by atoms with van der Waals surface area (Å²) in [5, 5.41) is 9.94. The maximum absolute atomic E-state index is 11.9. The number of thiophene rings is 1. The number of likely N-dealkylation sites (N-methyl/N-ethyl adjacent to an activating group) is 1. The van der Waals surface area contributed by atoms with E-state index >= 15 is 0 Å². The molecule has 1 atom stereocenters. The summed E-state index contributed by atoms with van der Waals surface area (Å²) >= 11 is 1.67. The molecule has 118 valence electrons. The van der Waals surface area contributed by atoms with Crippen LogP contribution >= 0.6 is 11.3 Å². The maximum Gasteiger partial charge on any atom is 0.315 e. The van der Waals surface area contributed by atoms with E-state index in [0.717, 1.165) is 11.3 Å². The van der Waals surface area contributed by atoms with Crippen molar-refractivity contribution in [2.45, 2.75) is 19.5 Å². The fraction of sp³-hybridized carbons (Fsp3) is 0.375. The number of rotatable bonds is 6. The Bertz CT molecular complexity index is 581. The van der Waals surface area contributed by atoms with Gasteiger partial charge in [0, 0.05) is 25.0 Å². The van der Waals surface area contributed by atoms with Crippen LogP contribution < -0.4 is 10.6 Å².